The summed E-state index contributed by atoms with van der Waals surface area (Å²) in [5, 5.41) is 3.32. The highest BCUT2D eigenvalue weighted by Gasteiger charge is 2.28. The van der Waals surface area contributed by atoms with Gasteiger partial charge in [-0.25, -0.2) is 8.42 Å². The highest BCUT2D eigenvalue weighted by Crippen LogP contribution is 2.31. The average molecular weight is 540 g/mol. The molecule has 3 aromatic carbocycles. The summed E-state index contributed by atoms with van der Waals surface area (Å²) in [6.45, 7) is 7.99. The number of halogens is 1. The molecular formula is C29H34ClN3O3S. The number of rotatable bonds is 8. The molecule has 3 aromatic rings. The molecule has 1 amide bonds. The molecule has 8 heteroatoms. The molecule has 1 fully saturated rings. The SMILES string of the molecule is Cc1ccc(S(=O)(=O)N(CC(=O)NCc2ccc(N3CCCC(C)C3)cc2)c2cccc(Cl)c2C)cc1. The van der Waals surface area contributed by atoms with Crippen molar-refractivity contribution in [3.63, 3.8) is 0 Å². The molecule has 0 bridgehead atoms. The maximum atomic E-state index is 13.6. The largest absolute Gasteiger partial charge is 0.371 e. The summed E-state index contributed by atoms with van der Waals surface area (Å²) in [5.41, 5.74) is 4.06. The van der Waals surface area contributed by atoms with E-state index < -0.39 is 15.9 Å². The van der Waals surface area contributed by atoms with Crippen LogP contribution in [0.4, 0.5) is 11.4 Å². The number of carbonyl (C=O) groups is 1. The fourth-order valence-electron chi connectivity index (χ4n) is 4.64. The maximum absolute atomic E-state index is 13.6. The molecule has 1 heterocycles. The van der Waals surface area contributed by atoms with Gasteiger partial charge in [0.2, 0.25) is 5.91 Å². The summed E-state index contributed by atoms with van der Waals surface area (Å²) in [5.74, 6) is 0.291. The van der Waals surface area contributed by atoms with E-state index in [1.165, 1.54) is 18.5 Å². The van der Waals surface area contributed by atoms with Crippen molar-refractivity contribution < 1.29 is 13.2 Å². The fraction of sp³-hybridized carbons (Fsp3) is 0.345. The minimum atomic E-state index is -4.00. The molecule has 0 radical (unpaired) electrons. The van der Waals surface area contributed by atoms with Gasteiger partial charge in [0, 0.05) is 30.3 Å². The molecule has 37 heavy (non-hydrogen) atoms. The zero-order valence-electron chi connectivity index (χ0n) is 21.6. The van der Waals surface area contributed by atoms with E-state index in [4.69, 9.17) is 11.6 Å². The number of sulfonamides is 1. The molecule has 4 rings (SSSR count). The Morgan fingerprint density at radius 3 is 2.43 bits per heavy atom. The van der Waals surface area contributed by atoms with Crippen molar-refractivity contribution in [3.8, 4) is 0 Å². The van der Waals surface area contributed by atoms with E-state index >= 15 is 0 Å². The molecule has 1 aliphatic rings. The van der Waals surface area contributed by atoms with Crippen molar-refractivity contribution in [1.29, 1.82) is 0 Å². The number of nitrogens with one attached hydrogen (secondary N) is 1. The Bertz CT molecular complexity index is 1340. The van der Waals surface area contributed by atoms with Gasteiger partial charge in [-0.15, -0.1) is 0 Å². The Morgan fingerprint density at radius 2 is 1.76 bits per heavy atom. The number of amides is 1. The lowest BCUT2D eigenvalue weighted by molar-refractivity contribution is -0.119. The van der Waals surface area contributed by atoms with Gasteiger partial charge in [-0.05, 0) is 80.1 Å². The van der Waals surface area contributed by atoms with Crippen molar-refractivity contribution in [2.24, 2.45) is 5.92 Å². The molecule has 0 spiro atoms. The van der Waals surface area contributed by atoms with Gasteiger partial charge in [0.05, 0.1) is 10.6 Å². The topological polar surface area (TPSA) is 69.7 Å². The van der Waals surface area contributed by atoms with Gasteiger partial charge in [-0.2, -0.15) is 0 Å². The van der Waals surface area contributed by atoms with Crippen molar-refractivity contribution in [3.05, 3.63) is 88.4 Å². The quantitative estimate of drug-likeness (QED) is 0.398. The third kappa shape index (κ3) is 6.46. The summed E-state index contributed by atoms with van der Waals surface area (Å²) in [4.78, 5) is 15.5. The van der Waals surface area contributed by atoms with Gasteiger partial charge in [0.1, 0.15) is 6.54 Å². The van der Waals surface area contributed by atoms with Crippen LogP contribution >= 0.6 is 11.6 Å². The molecular weight excluding hydrogens is 506 g/mol. The van der Waals surface area contributed by atoms with Crippen molar-refractivity contribution >= 4 is 38.9 Å². The maximum Gasteiger partial charge on any atom is 0.264 e. The van der Waals surface area contributed by atoms with Gasteiger partial charge in [-0.3, -0.25) is 9.10 Å². The molecule has 1 aliphatic heterocycles. The van der Waals surface area contributed by atoms with E-state index in [1.54, 1.807) is 49.4 Å². The smallest absolute Gasteiger partial charge is 0.264 e. The van der Waals surface area contributed by atoms with Crippen molar-refractivity contribution in [2.75, 3.05) is 28.8 Å². The normalized spacial score (nSPS) is 15.9. The van der Waals surface area contributed by atoms with Crippen molar-refractivity contribution in [2.45, 2.75) is 45.1 Å². The number of nitrogens with zero attached hydrogens (tertiary/aromatic N) is 2. The predicted octanol–water partition coefficient (Wildman–Crippen LogP) is 5.70. The summed E-state index contributed by atoms with van der Waals surface area (Å²) in [7, 11) is -4.00. The second-order valence-corrected chi connectivity index (χ2v) is 12.1. The number of hydrogen-bond donors (Lipinski definition) is 1. The fourth-order valence-corrected chi connectivity index (χ4v) is 6.29. The third-order valence-electron chi connectivity index (χ3n) is 6.85. The van der Waals surface area contributed by atoms with Crippen LogP contribution in [-0.2, 0) is 21.4 Å². The highest BCUT2D eigenvalue weighted by molar-refractivity contribution is 7.92. The summed E-state index contributed by atoms with van der Waals surface area (Å²) in [6.07, 6.45) is 2.47. The van der Waals surface area contributed by atoms with Crippen LogP contribution in [0.5, 0.6) is 0 Å². The number of anilines is 2. The molecule has 1 atom stereocenters. The molecule has 1 N–H and O–H groups in total. The van der Waals surface area contributed by atoms with Gasteiger partial charge in [0.25, 0.3) is 10.0 Å². The summed E-state index contributed by atoms with van der Waals surface area (Å²) >= 11 is 6.30. The number of benzene rings is 3. The monoisotopic (exact) mass is 539 g/mol. The van der Waals surface area contributed by atoms with Gasteiger partial charge in [-0.1, -0.05) is 54.4 Å². The highest BCUT2D eigenvalue weighted by atomic mass is 35.5. The van der Waals surface area contributed by atoms with Crippen LogP contribution in [0.2, 0.25) is 5.02 Å². The standard InChI is InChI=1S/C29H34ClN3O3S/c1-21-9-15-26(16-10-21)37(35,36)33(28-8-4-7-27(30)23(28)3)20-29(34)31-18-24-11-13-25(14-12-24)32-17-5-6-22(2)19-32/h4,7-16,22H,5-6,17-20H2,1-3H3,(H,31,34). The Kier molecular flexibility index (Phi) is 8.45. The summed E-state index contributed by atoms with van der Waals surface area (Å²) < 4.78 is 28.4. The Labute approximate surface area is 225 Å². The second kappa shape index (κ2) is 11.6. The minimum Gasteiger partial charge on any atom is -0.371 e. The average Bonchev–Trinajstić information content (AvgIpc) is 2.88. The van der Waals surface area contributed by atoms with E-state index in [0.717, 1.165) is 28.5 Å². The summed E-state index contributed by atoms with van der Waals surface area (Å²) in [6, 6.07) is 19.8. The van der Waals surface area contributed by atoms with Crippen LogP contribution in [0, 0.1) is 19.8 Å². The first kappa shape index (κ1) is 27.0. The molecule has 1 saturated heterocycles. The molecule has 6 nitrogen and oxygen atoms in total. The van der Waals surface area contributed by atoms with E-state index in [2.05, 4.69) is 29.3 Å². The molecule has 196 valence electrons. The van der Waals surface area contributed by atoms with Gasteiger partial charge in [0.15, 0.2) is 0 Å². The van der Waals surface area contributed by atoms with E-state index in [0.29, 0.717) is 28.7 Å². The van der Waals surface area contributed by atoms with Gasteiger partial charge < -0.3 is 10.2 Å². The molecule has 0 aromatic heterocycles. The van der Waals surface area contributed by atoms with Crippen LogP contribution in [-0.4, -0.2) is 34.0 Å². The Morgan fingerprint density at radius 1 is 1.05 bits per heavy atom. The van der Waals surface area contributed by atoms with Crippen LogP contribution in [0.1, 0.15) is 36.5 Å². The van der Waals surface area contributed by atoms with E-state index in [1.807, 2.05) is 19.1 Å². The third-order valence-corrected chi connectivity index (χ3v) is 9.04. The lowest BCUT2D eigenvalue weighted by Gasteiger charge is -2.32. The van der Waals surface area contributed by atoms with E-state index in [-0.39, 0.29) is 11.4 Å². The van der Waals surface area contributed by atoms with Crippen LogP contribution in [0.3, 0.4) is 0 Å². The van der Waals surface area contributed by atoms with Crippen LogP contribution in [0.15, 0.2) is 71.6 Å². The second-order valence-electron chi connectivity index (χ2n) is 9.85. The minimum absolute atomic E-state index is 0.118. The number of piperidine rings is 1. The lowest BCUT2D eigenvalue weighted by atomic mass is 9.99. The van der Waals surface area contributed by atoms with Crippen molar-refractivity contribution in [1.82, 2.24) is 5.32 Å². The first-order chi connectivity index (χ1) is 17.6. The first-order valence-corrected chi connectivity index (χ1v) is 14.4. The molecule has 0 aliphatic carbocycles. The van der Waals surface area contributed by atoms with Crippen LogP contribution < -0.4 is 14.5 Å². The zero-order chi connectivity index (χ0) is 26.6. The van der Waals surface area contributed by atoms with Gasteiger partial charge >= 0.3 is 0 Å². The van der Waals surface area contributed by atoms with E-state index in [9.17, 15) is 13.2 Å². The zero-order valence-corrected chi connectivity index (χ0v) is 23.1. The molecule has 0 saturated carbocycles. The predicted molar refractivity (Wildman–Crippen MR) is 151 cm³/mol. The number of hydrogen-bond acceptors (Lipinski definition) is 4. The number of aryl methyl sites for hydroxylation is 1. The van der Waals surface area contributed by atoms with Crippen LogP contribution in [0.25, 0.3) is 0 Å². The lowest BCUT2D eigenvalue weighted by Crippen LogP contribution is -2.41. The number of carbonyl (C=O) groups excluding carboxylic acids is 1. The Hall–Kier alpha value is -3.03. The Balaban J connectivity index is 1.49. The first-order valence-electron chi connectivity index (χ1n) is 12.6. The molecule has 1 unspecified atom stereocenters.